The minimum Gasteiger partial charge on any atom is -0.288 e. The Bertz CT molecular complexity index is 1320. The first kappa shape index (κ1) is 27.3. The van der Waals surface area contributed by atoms with Gasteiger partial charge in [0.1, 0.15) is 0 Å². The minimum atomic E-state index is -1.35. The third-order valence-electron chi connectivity index (χ3n) is 9.15. The molecule has 2 atom stereocenters. The number of carbonyl (C=O) groups is 2. The number of rotatable bonds is 8. The maximum absolute atomic E-state index is 13.2. The molecule has 3 aromatic carbocycles. The SMILES string of the molecule is O=C1c2ccccc2C(=O)N1CCC1([N+](=O)[O-])CN(Cc2ccccc2)[C@@H]2CCCC[C@H]2N(Cc2ccccc2)C1. The van der Waals surface area contributed by atoms with Crippen molar-refractivity contribution in [2.45, 2.75) is 62.8 Å². The van der Waals surface area contributed by atoms with Crippen LogP contribution in [0.5, 0.6) is 0 Å². The van der Waals surface area contributed by atoms with E-state index in [0.29, 0.717) is 24.2 Å². The van der Waals surface area contributed by atoms with Crippen molar-refractivity contribution in [1.29, 1.82) is 0 Å². The Hall–Kier alpha value is -3.88. The van der Waals surface area contributed by atoms with Crippen LogP contribution in [0.15, 0.2) is 84.9 Å². The molecule has 41 heavy (non-hydrogen) atoms. The molecule has 0 unspecified atom stereocenters. The molecule has 0 spiro atoms. The molecular weight excluding hydrogens is 516 g/mol. The highest BCUT2D eigenvalue weighted by atomic mass is 16.6. The second-order valence-electron chi connectivity index (χ2n) is 11.7. The van der Waals surface area contributed by atoms with Crippen molar-refractivity contribution >= 4 is 11.8 Å². The number of nitro groups is 1. The van der Waals surface area contributed by atoms with Crippen LogP contribution >= 0.6 is 0 Å². The van der Waals surface area contributed by atoms with Gasteiger partial charge in [0.25, 0.3) is 11.8 Å². The van der Waals surface area contributed by atoms with Crippen molar-refractivity contribution < 1.29 is 14.5 Å². The standard InChI is InChI=1S/C33H36N4O4/c38-31-27-15-7-8-16-28(27)32(39)36(31)20-19-33(37(40)41)23-34(21-25-11-3-1-4-12-25)29-17-9-10-18-30(29)35(24-33)22-26-13-5-2-6-14-26/h1-8,11-16,29-30H,9-10,17-24H2/t29-,30-/m1/s1. The van der Waals surface area contributed by atoms with Crippen LogP contribution in [0.4, 0.5) is 0 Å². The van der Waals surface area contributed by atoms with Crippen molar-refractivity contribution in [3.63, 3.8) is 0 Å². The number of fused-ring (bicyclic) bond motifs is 2. The number of benzene rings is 3. The summed E-state index contributed by atoms with van der Waals surface area (Å²) in [7, 11) is 0. The van der Waals surface area contributed by atoms with Crippen LogP contribution in [-0.2, 0) is 13.1 Å². The first-order chi connectivity index (χ1) is 19.9. The molecule has 2 aliphatic heterocycles. The number of hydrogen-bond acceptors (Lipinski definition) is 6. The van der Waals surface area contributed by atoms with Crippen LogP contribution in [-0.4, -0.2) is 68.7 Å². The lowest BCUT2D eigenvalue weighted by molar-refractivity contribution is -0.571. The Labute approximate surface area is 240 Å². The van der Waals surface area contributed by atoms with E-state index in [4.69, 9.17) is 0 Å². The molecule has 1 saturated heterocycles. The number of amides is 2. The van der Waals surface area contributed by atoms with Gasteiger partial charge >= 0.3 is 0 Å². The number of imide groups is 1. The lowest BCUT2D eigenvalue weighted by atomic mass is 9.88. The Morgan fingerprint density at radius 3 is 1.59 bits per heavy atom. The molecule has 212 valence electrons. The lowest BCUT2D eigenvalue weighted by Crippen LogP contribution is -2.55. The zero-order valence-electron chi connectivity index (χ0n) is 23.2. The number of carbonyl (C=O) groups excluding carboxylic acids is 2. The Morgan fingerprint density at radius 2 is 1.15 bits per heavy atom. The average Bonchev–Trinajstić information content (AvgIpc) is 3.16. The van der Waals surface area contributed by atoms with Gasteiger partial charge in [-0.15, -0.1) is 0 Å². The maximum atomic E-state index is 13.2. The summed E-state index contributed by atoms with van der Waals surface area (Å²) in [6, 6.07) is 27.5. The van der Waals surface area contributed by atoms with Gasteiger partial charge in [-0.2, -0.15) is 0 Å². The molecule has 2 heterocycles. The molecule has 3 aromatic rings. The van der Waals surface area contributed by atoms with Crippen molar-refractivity contribution in [3.8, 4) is 0 Å². The average molecular weight is 553 g/mol. The van der Waals surface area contributed by atoms with Crippen molar-refractivity contribution in [3.05, 3.63) is 117 Å². The van der Waals surface area contributed by atoms with Crippen LogP contribution in [0.1, 0.15) is 63.9 Å². The zero-order valence-corrected chi connectivity index (χ0v) is 23.2. The van der Waals surface area contributed by atoms with Crippen molar-refractivity contribution in [1.82, 2.24) is 14.7 Å². The molecule has 2 fully saturated rings. The Kier molecular flexibility index (Phi) is 7.69. The molecule has 0 N–H and O–H groups in total. The highest BCUT2D eigenvalue weighted by molar-refractivity contribution is 6.21. The van der Waals surface area contributed by atoms with Crippen LogP contribution in [0, 0.1) is 10.1 Å². The van der Waals surface area contributed by atoms with Gasteiger partial charge < -0.3 is 0 Å². The summed E-state index contributed by atoms with van der Waals surface area (Å²) >= 11 is 0. The number of hydrogen-bond donors (Lipinski definition) is 0. The smallest absolute Gasteiger partial charge is 0.261 e. The molecule has 1 saturated carbocycles. The predicted molar refractivity (Wildman–Crippen MR) is 156 cm³/mol. The van der Waals surface area contributed by atoms with Gasteiger partial charge in [0, 0.05) is 43.1 Å². The molecule has 8 nitrogen and oxygen atoms in total. The van der Waals surface area contributed by atoms with Gasteiger partial charge in [0.05, 0.1) is 24.2 Å². The fourth-order valence-electron chi connectivity index (χ4n) is 7.09. The van der Waals surface area contributed by atoms with E-state index in [-0.39, 0.29) is 54.9 Å². The van der Waals surface area contributed by atoms with E-state index in [0.717, 1.165) is 36.8 Å². The lowest BCUT2D eigenvalue weighted by Gasteiger charge is -2.42. The molecule has 0 radical (unpaired) electrons. The van der Waals surface area contributed by atoms with E-state index in [1.165, 1.54) is 4.90 Å². The number of nitrogens with zero attached hydrogens (tertiary/aromatic N) is 4. The zero-order chi connectivity index (χ0) is 28.4. The van der Waals surface area contributed by atoms with E-state index in [1.807, 2.05) is 36.4 Å². The van der Waals surface area contributed by atoms with Gasteiger partial charge in [-0.25, -0.2) is 0 Å². The molecule has 2 amide bonds. The summed E-state index contributed by atoms with van der Waals surface area (Å²) in [4.78, 5) is 45.2. The molecule has 3 aliphatic rings. The van der Waals surface area contributed by atoms with Crippen LogP contribution < -0.4 is 0 Å². The fourth-order valence-corrected chi connectivity index (χ4v) is 7.09. The normalized spacial score (nSPS) is 22.7. The molecule has 0 aromatic heterocycles. The van der Waals surface area contributed by atoms with E-state index < -0.39 is 5.54 Å². The summed E-state index contributed by atoms with van der Waals surface area (Å²) in [5, 5.41) is 13.2. The van der Waals surface area contributed by atoms with E-state index >= 15 is 0 Å². The summed E-state index contributed by atoms with van der Waals surface area (Å²) in [5.74, 6) is -0.734. The topological polar surface area (TPSA) is 87.0 Å². The highest BCUT2D eigenvalue weighted by Gasteiger charge is 2.53. The van der Waals surface area contributed by atoms with Crippen molar-refractivity contribution in [2.75, 3.05) is 19.6 Å². The second-order valence-corrected chi connectivity index (χ2v) is 11.7. The van der Waals surface area contributed by atoms with Gasteiger partial charge in [0.15, 0.2) is 0 Å². The second kappa shape index (κ2) is 11.5. The van der Waals surface area contributed by atoms with E-state index in [9.17, 15) is 19.7 Å². The van der Waals surface area contributed by atoms with Gasteiger partial charge in [-0.3, -0.25) is 34.4 Å². The maximum Gasteiger partial charge on any atom is 0.261 e. The first-order valence-electron chi connectivity index (χ1n) is 14.6. The quantitative estimate of drug-likeness (QED) is 0.222. The summed E-state index contributed by atoms with van der Waals surface area (Å²) in [6.45, 7) is 1.81. The van der Waals surface area contributed by atoms with Crippen LogP contribution in [0.3, 0.4) is 0 Å². The van der Waals surface area contributed by atoms with Crippen LogP contribution in [0.25, 0.3) is 0 Å². The summed E-state index contributed by atoms with van der Waals surface area (Å²) < 4.78 is 0. The molecule has 1 aliphatic carbocycles. The first-order valence-corrected chi connectivity index (χ1v) is 14.6. The molecule has 6 rings (SSSR count). The molecule has 0 bridgehead atoms. The monoisotopic (exact) mass is 552 g/mol. The molecular formula is C33H36N4O4. The van der Waals surface area contributed by atoms with E-state index in [2.05, 4.69) is 34.1 Å². The third-order valence-corrected chi connectivity index (χ3v) is 9.15. The fraction of sp³-hybridized carbons (Fsp3) is 0.394. The van der Waals surface area contributed by atoms with Crippen LogP contribution in [0.2, 0.25) is 0 Å². The Balaban J connectivity index is 1.35. The summed E-state index contributed by atoms with van der Waals surface area (Å²) in [5.41, 5.74) is 1.65. The largest absolute Gasteiger partial charge is 0.288 e. The summed E-state index contributed by atoms with van der Waals surface area (Å²) in [6.07, 6.45) is 4.30. The van der Waals surface area contributed by atoms with Gasteiger partial charge in [-0.1, -0.05) is 85.6 Å². The minimum absolute atomic E-state index is 0.0149. The third kappa shape index (κ3) is 5.42. The molecule has 8 heteroatoms. The van der Waals surface area contributed by atoms with Gasteiger partial charge in [0.2, 0.25) is 5.54 Å². The highest BCUT2D eigenvalue weighted by Crippen LogP contribution is 2.37. The van der Waals surface area contributed by atoms with E-state index in [1.54, 1.807) is 24.3 Å². The Morgan fingerprint density at radius 1 is 0.707 bits per heavy atom. The van der Waals surface area contributed by atoms with Gasteiger partial charge in [-0.05, 0) is 36.1 Å². The predicted octanol–water partition coefficient (Wildman–Crippen LogP) is 5.02. The van der Waals surface area contributed by atoms with Crippen molar-refractivity contribution in [2.24, 2.45) is 0 Å².